The Balaban J connectivity index is 1.43. The molecule has 0 aliphatic carbocycles. The minimum Gasteiger partial charge on any atom is -0.325 e. The molecule has 0 amide bonds. The predicted octanol–water partition coefficient (Wildman–Crippen LogP) is 4.19. The van der Waals surface area contributed by atoms with Crippen LogP contribution in [0.4, 0.5) is 4.39 Å². The van der Waals surface area contributed by atoms with Gasteiger partial charge in [-0.05, 0) is 54.4 Å². The van der Waals surface area contributed by atoms with Crippen LogP contribution in [0.3, 0.4) is 0 Å². The quantitative estimate of drug-likeness (QED) is 0.664. The largest absolute Gasteiger partial charge is 0.325 e. The van der Waals surface area contributed by atoms with Gasteiger partial charge in [-0.25, -0.2) is 9.37 Å². The summed E-state index contributed by atoms with van der Waals surface area (Å²) in [6.45, 7) is 5.07. The summed E-state index contributed by atoms with van der Waals surface area (Å²) in [4.78, 5) is 9.92. The van der Waals surface area contributed by atoms with Crippen LogP contribution in [-0.4, -0.2) is 46.0 Å². The number of nitrogens with zero attached hydrogens (tertiary/aromatic N) is 4. The van der Waals surface area contributed by atoms with E-state index in [4.69, 9.17) is 4.98 Å². The fraction of sp³-hybridized carbons (Fsp3) is 0.409. The Morgan fingerprint density at radius 1 is 1.14 bits per heavy atom. The molecular weight excluding hydrogens is 371 g/mol. The van der Waals surface area contributed by atoms with E-state index < -0.39 is 0 Å². The van der Waals surface area contributed by atoms with Crippen LogP contribution in [0, 0.1) is 5.82 Å². The van der Waals surface area contributed by atoms with E-state index in [1.54, 1.807) is 23.5 Å². The molecule has 0 N–H and O–H groups in total. The molecule has 1 saturated heterocycles. The van der Waals surface area contributed by atoms with Crippen LogP contribution < -0.4 is 0 Å². The summed E-state index contributed by atoms with van der Waals surface area (Å²) in [5.41, 5.74) is 3.33. The molecule has 3 aromatic rings. The van der Waals surface area contributed by atoms with Crippen LogP contribution in [0.2, 0.25) is 0 Å². The van der Waals surface area contributed by atoms with Crippen molar-refractivity contribution in [1.29, 1.82) is 0 Å². The number of imidazole rings is 1. The summed E-state index contributed by atoms with van der Waals surface area (Å²) in [5, 5.41) is 4.40. The SMILES string of the molecule is CN1CCn2c(-c3cccc(F)c3)cnc2C12CCN(Cc1ccsc1)CC2. The number of halogens is 1. The molecule has 1 aromatic carbocycles. The lowest BCUT2D eigenvalue weighted by Gasteiger charge is -2.49. The summed E-state index contributed by atoms with van der Waals surface area (Å²) >= 11 is 1.77. The highest BCUT2D eigenvalue weighted by molar-refractivity contribution is 7.07. The number of thiophene rings is 1. The Labute approximate surface area is 169 Å². The zero-order valence-electron chi connectivity index (χ0n) is 16.1. The van der Waals surface area contributed by atoms with Gasteiger partial charge in [-0.2, -0.15) is 11.3 Å². The molecule has 4 nitrogen and oxygen atoms in total. The number of likely N-dealkylation sites (N-methyl/N-ethyl adjacent to an activating group) is 1. The van der Waals surface area contributed by atoms with Gasteiger partial charge in [0.05, 0.1) is 17.4 Å². The molecule has 0 atom stereocenters. The highest BCUT2D eigenvalue weighted by atomic mass is 32.1. The molecule has 1 fully saturated rings. The molecular formula is C22H25FN4S. The summed E-state index contributed by atoms with van der Waals surface area (Å²) in [5.74, 6) is 0.952. The number of likely N-dealkylation sites (tertiary alicyclic amines) is 1. The van der Waals surface area contributed by atoms with Crippen LogP contribution in [0.15, 0.2) is 47.3 Å². The average Bonchev–Trinajstić information content (AvgIpc) is 3.36. The second-order valence-electron chi connectivity index (χ2n) is 7.99. The van der Waals surface area contributed by atoms with Gasteiger partial charge in [-0.1, -0.05) is 12.1 Å². The number of aromatic nitrogens is 2. The second-order valence-corrected chi connectivity index (χ2v) is 8.77. The molecule has 0 bridgehead atoms. The summed E-state index contributed by atoms with van der Waals surface area (Å²) in [7, 11) is 2.23. The number of benzene rings is 1. The molecule has 0 unspecified atom stereocenters. The molecule has 5 rings (SSSR count). The van der Waals surface area contributed by atoms with E-state index in [-0.39, 0.29) is 11.4 Å². The van der Waals surface area contributed by atoms with E-state index in [2.05, 4.69) is 38.2 Å². The third-order valence-corrected chi connectivity index (χ3v) is 7.18. The van der Waals surface area contributed by atoms with Gasteiger partial charge in [0.2, 0.25) is 0 Å². The number of hydrogen-bond acceptors (Lipinski definition) is 4. The number of fused-ring (bicyclic) bond motifs is 2. The van der Waals surface area contributed by atoms with Gasteiger partial charge in [0, 0.05) is 38.3 Å². The Morgan fingerprint density at radius 3 is 2.75 bits per heavy atom. The van der Waals surface area contributed by atoms with E-state index in [1.807, 2.05) is 12.3 Å². The van der Waals surface area contributed by atoms with Crippen molar-refractivity contribution in [3.63, 3.8) is 0 Å². The molecule has 28 heavy (non-hydrogen) atoms. The van der Waals surface area contributed by atoms with Crippen LogP contribution in [-0.2, 0) is 18.6 Å². The van der Waals surface area contributed by atoms with Gasteiger partial charge in [-0.3, -0.25) is 9.80 Å². The molecule has 2 aromatic heterocycles. The molecule has 0 radical (unpaired) electrons. The van der Waals surface area contributed by atoms with Crippen LogP contribution in [0.5, 0.6) is 0 Å². The van der Waals surface area contributed by atoms with Crippen molar-refractivity contribution in [1.82, 2.24) is 19.4 Å². The van der Waals surface area contributed by atoms with E-state index in [1.165, 1.54) is 11.6 Å². The topological polar surface area (TPSA) is 24.3 Å². The van der Waals surface area contributed by atoms with Gasteiger partial charge in [-0.15, -0.1) is 0 Å². The smallest absolute Gasteiger partial charge is 0.129 e. The predicted molar refractivity (Wildman–Crippen MR) is 111 cm³/mol. The van der Waals surface area contributed by atoms with Crippen LogP contribution >= 0.6 is 11.3 Å². The molecule has 0 saturated carbocycles. The minimum absolute atomic E-state index is 0.0189. The van der Waals surface area contributed by atoms with Gasteiger partial charge >= 0.3 is 0 Å². The van der Waals surface area contributed by atoms with Crippen LogP contribution in [0.25, 0.3) is 11.3 Å². The van der Waals surface area contributed by atoms with Crippen molar-refractivity contribution in [2.75, 3.05) is 26.7 Å². The molecule has 2 aliphatic heterocycles. The number of hydrogen-bond donors (Lipinski definition) is 0. The maximum absolute atomic E-state index is 13.8. The molecule has 1 spiro atoms. The van der Waals surface area contributed by atoms with Crippen molar-refractivity contribution in [3.8, 4) is 11.3 Å². The Hall–Kier alpha value is -2.02. The lowest BCUT2D eigenvalue weighted by molar-refractivity contribution is 0.00703. The lowest BCUT2D eigenvalue weighted by Crippen LogP contribution is -2.56. The minimum atomic E-state index is -0.197. The third kappa shape index (κ3) is 3.00. The highest BCUT2D eigenvalue weighted by Crippen LogP contribution is 2.41. The molecule has 2 aliphatic rings. The Kier molecular flexibility index (Phi) is 4.57. The zero-order chi connectivity index (χ0) is 19.1. The van der Waals surface area contributed by atoms with Gasteiger partial charge in [0.25, 0.3) is 0 Å². The third-order valence-electron chi connectivity index (χ3n) is 6.45. The Morgan fingerprint density at radius 2 is 2.00 bits per heavy atom. The van der Waals surface area contributed by atoms with E-state index in [0.29, 0.717) is 0 Å². The van der Waals surface area contributed by atoms with Gasteiger partial charge in [0.15, 0.2) is 0 Å². The molecule has 6 heteroatoms. The van der Waals surface area contributed by atoms with Crippen LogP contribution in [0.1, 0.15) is 24.2 Å². The summed E-state index contributed by atoms with van der Waals surface area (Å²) in [6.07, 6.45) is 4.09. The zero-order valence-corrected chi connectivity index (χ0v) is 17.0. The first kappa shape index (κ1) is 18.0. The van der Waals surface area contributed by atoms with Crippen molar-refractivity contribution in [2.45, 2.75) is 31.5 Å². The number of rotatable bonds is 3. The van der Waals surface area contributed by atoms with Crippen molar-refractivity contribution >= 4 is 11.3 Å². The molecule has 146 valence electrons. The lowest BCUT2D eigenvalue weighted by atomic mass is 9.83. The summed E-state index contributed by atoms with van der Waals surface area (Å²) < 4.78 is 16.1. The maximum atomic E-state index is 13.8. The Bertz CT molecular complexity index is 957. The maximum Gasteiger partial charge on any atom is 0.129 e. The van der Waals surface area contributed by atoms with Crippen molar-refractivity contribution in [3.05, 3.63) is 64.5 Å². The average molecular weight is 397 g/mol. The van der Waals surface area contributed by atoms with Crippen molar-refractivity contribution < 1.29 is 4.39 Å². The fourth-order valence-corrected chi connectivity index (χ4v) is 5.47. The fourth-order valence-electron chi connectivity index (χ4n) is 4.81. The summed E-state index contributed by atoms with van der Waals surface area (Å²) in [6, 6.07) is 9.08. The van der Waals surface area contributed by atoms with E-state index >= 15 is 0 Å². The van der Waals surface area contributed by atoms with E-state index in [9.17, 15) is 4.39 Å². The first-order chi connectivity index (χ1) is 13.7. The number of piperidine rings is 1. The first-order valence-electron chi connectivity index (χ1n) is 9.92. The molecule has 4 heterocycles. The van der Waals surface area contributed by atoms with Gasteiger partial charge < -0.3 is 4.57 Å². The second kappa shape index (κ2) is 7.10. The van der Waals surface area contributed by atoms with Gasteiger partial charge in [0.1, 0.15) is 11.6 Å². The monoisotopic (exact) mass is 396 g/mol. The van der Waals surface area contributed by atoms with E-state index in [0.717, 1.165) is 62.6 Å². The highest BCUT2D eigenvalue weighted by Gasteiger charge is 2.45. The first-order valence-corrected chi connectivity index (χ1v) is 10.9. The standard InChI is InChI=1S/C22H25FN4S/c1-25-10-11-27-20(18-3-2-4-19(23)13-18)14-24-21(27)22(25)6-8-26(9-7-22)15-17-5-12-28-16-17/h2-5,12-14,16H,6-11,15H2,1H3. The normalized spacial score (nSPS) is 19.8. The van der Waals surface area contributed by atoms with Crippen molar-refractivity contribution in [2.24, 2.45) is 0 Å².